The third-order valence-corrected chi connectivity index (χ3v) is 3.19. The van der Waals surface area contributed by atoms with Crippen molar-refractivity contribution in [3.05, 3.63) is 0 Å². The van der Waals surface area contributed by atoms with Crippen LogP contribution in [0.4, 0.5) is 0 Å². The molecule has 4 nitrogen and oxygen atoms in total. The van der Waals surface area contributed by atoms with Crippen molar-refractivity contribution in [2.45, 2.75) is 46.1 Å². The normalized spacial score (nSPS) is 26.2. The number of nitrogens with zero attached hydrogens (tertiary/aromatic N) is 1. The number of nitrogens with one attached hydrogen (secondary N) is 1. The summed E-state index contributed by atoms with van der Waals surface area (Å²) >= 11 is 0. The second-order valence-corrected chi connectivity index (χ2v) is 5.14. The van der Waals surface area contributed by atoms with Gasteiger partial charge in [0.25, 0.3) is 0 Å². The Morgan fingerprint density at radius 3 is 2.56 bits per heavy atom. The predicted molar refractivity (Wildman–Crippen MR) is 62.9 cm³/mol. The fraction of sp³-hybridized carbons (Fsp3) is 0.833. The van der Waals surface area contributed by atoms with Crippen LogP contribution in [0.15, 0.2) is 0 Å². The van der Waals surface area contributed by atoms with Crippen LogP contribution in [-0.4, -0.2) is 35.3 Å². The van der Waals surface area contributed by atoms with E-state index in [-0.39, 0.29) is 18.4 Å². The lowest BCUT2D eigenvalue weighted by molar-refractivity contribution is -0.149. The standard InChI is InChI=1S/C12H22N2O2/c1-5-12(4)11(16)14(7-6-9(2)3)8-10(15)13-12/h9H,5-8H2,1-4H3,(H,13,15). The highest BCUT2D eigenvalue weighted by molar-refractivity contribution is 5.97. The second kappa shape index (κ2) is 4.85. The molecular weight excluding hydrogens is 204 g/mol. The topological polar surface area (TPSA) is 49.4 Å². The van der Waals surface area contributed by atoms with E-state index in [9.17, 15) is 9.59 Å². The number of hydrogen-bond donors (Lipinski definition) is 1. The molecule has 4 heteroatoms. The van der Waals surface area contributed by atoms with Gasteiger partial charge in [-0.25, -0.2) is 0 Å². The minimum atomic E-state index is -0.702. The lowest BCUT2D eigenvalue weighted by atomic mass is 9.94. The van der Waals surface area contributed by atoms with Crippen molar-refractivity contribution < 1.29 is 9.59 Å². The summed E-state index contributed by atoms with van der Waals surface area (Å²) in [7, 11) is 0. The SMILES string of the molecule is CCC1(C)NC(=O)CN(CCC(C)C)C1=O. The largest absolute Gasteiger partial charge is 0.340 e. The number of carbonyl (C=O) groups is 2. The van der Waals surface area contributed by atoms with E-state index in [0.717, 1.165) is 6.42 Å². The van der Waals surface area contributed by atoms with Crippen LogP contribution in [0.3, 0.4) is 0 Å². The highest BCUT2D eigenvalue weighted by Gasteiger charge is 2.41. The van der Waals surface area contributed by atoms with Crippen LogP contribution in [0.5, 0.6) is 0 Å². The van der Waals surface area contributed by atoms with E-state index < -0.39 is 5.54 Å². The smallest absolute Gasteiger partial charge is 0.248 e. The van der Waals surface area contributed by atoms with Gasteiger partial charge < -0.3 is 10.2 Å². The Balaban J connectivity index is 2.70. The summed E-state index contributed by atoms with van der Waals surface area (Å²) in [4.78, 5) is 25.4. The number of hydrogen-bond acceptors (Lipinski definition) is 2. The lowest BCUT2D eigenvalue weighted by Gasteiger charge is -2.39. The molecule has 0 spiro atoms. The van der Waals surface area contributed by atoms with Gasteiger partial charge in [-0.2, -0.15) is 0 Å². The summed E-state index contributed by atoms with van der Waals surface area (Å²) in [6, 6.07) is 0. The summed E-state index contributed by atoms with van der Waals surface area (Å²) in [5, 5.41) is 2.78. The third-order valence-electron chi connectivity index (χ3n) is 3.19. The fourth-order valence-electron chi connectivity index (χ4n) is 1.83. The molecule has 0 aliphatic carbocycles. The molecule has 0 aromatic carbocycles. The molecule has 1 aliphatic heterocycles. The quantitative estimate of drug-likeness (QED) is 0.782. The van der Waals surface area contributed by atoms with Gasteiger partial charge in [-0.1, -0.05) is 20.8 Å². The monoisotopic (exact) mass is 226 g/mol. The van der Waals surface area contributed by atoms with Crippen molar-refractivity contribution in [1.29, 1.82) is 0 Å². The van der Waals surface area contributed by atoms with Crippen molar-refractivity contribution in [3.8, 4) is 0 Å². The summed E-state index contributed by atoms with van der Waals surface area (Å²) in [6.45, 7) is 8.85. The van der Waals surface area contributed by atoms with E-state index in [1.807, 2.05) is 6.92 Å². The van der Waals surface area contributed by atoms with Crippen LogP contribution in [0.2, 0.25) is 0 Å². The molecule has 1 atom stereocenters. The number of amides is 2. The average Bonchev–Trinajstić information content (AvgIpc) is 2.21. The van der Waals surface area contributed by atoms with Crippen LogP contribution >= 0.6 is 0 Å². The molecule has 0 saturated carbocycles. The molecule has 0 bridgehead atoms. The zero-order valence-electron chi connectivity index (χ0n) is 10.7. The molecule has 1 rings (SSSR count). The van der Waals surface area contributed by atoms with Crippen molar-refractivity contribution in [2.24, 2.45) is 5.92 Å². The molecule has 1 fully saturated rings. The van der Waals surface area contributed by atoms with Gasteiger partial charge in [0.1, 0.15) is 5.54 Å². The number of rotatable bonds is 4. The van der Waals surface area contributed by atoms with E-state index in [2.05, 4.69) is 19.2 Å². The molecular formula is C12H22N2O2. The molecule has 1 unspecified atom stereocenters. The zero-order chi connectivity index (χ0) is 12.3. The maximum Gasteiger partial charge on any atom is 0.248 e. The summed E-state index contributed by atoms with van der Waals surface area (Å²) in [5.41, 5.74) is -0.702. The molecule has 0 radical (unpaired) electrons. The summed E-state index contributed by atoms with van der Waals surface area (Å²) < 4.78 is 0. The minimum absolute atomic E-state index is 0.0484. The predicted octanol–water partition coefficient (Wildman–Crippen LogP) is 1.16. The Morgan fingerprint density at radius 1 is 1.44 bits per heavy atom. The van der Waals surface area contributed by atoms with Gasteiger partial charge in [-0.05, 0) is 25.7 Å². The molecule has 1 N–H and O–H groups in total. The summed E-state index contributed by atoms with van der Waals surface area (Å²) in [6.07, 6.45) is 1.58. The molecule has 1 heterocycles. The van der Waals surface area contributed by atoms with Gasteiger partial charge >= 0.3 is 0 Å². The maximum atomic E-state index is 12.1. The lowest BCUT2D eigenvalue weighted by Crippen LogP contribution is -2.65. The highest BCUT2D eigenvalue weighted by atomic mass is 16.2. The molecule has 92 valence electrons. The first-order valence-electron chi connectivity index (χ1n) is 5.99. The van der Waals surface area contributed by atoms with Crippen molar-refractivity contribution >= 4 is 11.8 Å². The van der Waals surface area contributed by atoms with E-state index in [0.29, 0.717) is 18.9 Å². The van der Waals surface area contributed by atoms with Gasteiger partial charge in [0.15, 0.2) is 0 Å². The molecule has 16 heavy (non-hydrogen) atoms. The first-order chi connectivity index (χ1) is 7.39. The molecule has 1 saturated heterocycles. The van der Waals surface area contributed by atoms with Gasteiger partial charge in [0.05, 0.1) is 6.54 Å². The Kier molecular flexibility index (Phi) is 3.94. The van der Waals surface area contributed by atoms with Crippen LogP contribution < -0.4 is 5.32 Å². The fourth-order valence-corrected chi connectivity index (χ4v) is 1.83. The van der Waals surface area contributed by atoms with Crippen molar-refractivity contribution in [3.63, 3.8) is 0 Å². The van der Waals surface area contributed by atoms with E-state index in [1.54, 1.807) is 11.8 Å². The molecule has 0 aromatic heterocycles. The van der Waals surface area contributed by atoms with E-state index in [4.69, 9.17) is 0 Å². The summed E-state index contributed by atoms with van der Waals surface area (Å²) in [5.74, 6) is 0.550. The molecule has 2 amide bonds. The van der Waals surface area contributed by atoms with Gasteiger partial charge in [-0.15, -0.1) is 0 Å². The van der Waals surface area contributed by atoms with Crippen LogP contribution in [0.1, 0.15) is 40.5 Å². The minimum Gasteiger partial charge on any atom is -0.340 e. The maximum absolute atomic E-state index is 12.1. The average molecular weight is 226 g/mol. The Morgan fingerprint density at radius 2 is 2.06 bits per heavy atom. The molecule has 0 aromatic rings. The van der Waals surface area contributed by atoms with E-state index >= 15 is 0 Å². The first-order valence-corrected chi connectivity index (χ1v) is 5.99. The Bertz CT molecular complexity index is 289. The number of piperazine rings is 1. The van der Waals surface area contributed by atoms with Crippen LogP contribution in [0, 0.1) is 5.92 Å². The van der Waals surface area contributed by atoms with Gasteiger partial charge in [0.2, 0.25) is 11.8 Å². The molecule has 1 aliphatic rings. The van der Waals surface area contributed by atoms with Gasteiger partial charge in [0, 0.05) is 6.54 Å². The number of carbonyl (C=O) groups excluding carboxylic acids is 2. The van der Waals surface area contributed by atoms with Crippen molar-refractivity contribution in [1.82, 2.24) is 10.2 Å². The third kappa shape index (κ3) is 2.74. The highest BCUT2D eigenvalue weighted by Crippen LogP contribution is 2.18. The van der Waals surface area contributed by atoms with Crippen LogP contribution in [0.25, 0.3) is 0 Å². The van der Waals surface area contributed by atoms with Gasteiger partial charge in [-0.3, -0.25) is 9.59 Å². The van der Waals surface area contributed by atoms with Crippen LogP contribution in [-0.2, 0) is 9.59 Å². The Labute approximate surface area is 97.4 Å². The zero-order valence-corrected chi connectivity index (χ0v) is 10.7. The van der Waals surface area contributed by atoms with Crippen molar-refractivity contribution in [2.75, 3.05) is 13.1 Å². The van der Waals surface area contributed by atoms with E-state index in [1.165, 1.54) is 0 Å². The first kappa shape index (κ1) is 13.0. The Hall–Kier alpha value is -1.06. The second-order valence-electron chi connectivity index (χ2n) is 5.14.